The summed E-state index contributed by atoms with van der Waals surface area (Å²) in [5.41, 5.74) is 0.742. The zero-order valence-electron chi connectivity index (χ0n) is 10.2. The highest BCUT2D eigenvalue weighted by atomic mass is 127. The normalized spacial score (nSPS) is 12.2. The van der Waals surface area contributed by atoms with E-state index in [-0.39, 0.29) is 11.9 Å². The van der Waals surface area contributed by atoms with Crippen LogP contribution in [0.4, 0.5) is 0 Å². The first kappa shape index (κ1) is 14.8. The van der Waals surface area contributed by atoms with Crippen LogP contribution >= 0.6 is 34.4 Å². The van der Waals surface area contributed by atoms with Crippen molar-refractivity contribution in [1.82, 2.24) is 5.32 Å². The molecule has 17 heavy (non-hydrogen) atoms. The fourth-order valence-corrected chi connectivity index (χ4v) is 2.77. The minimum Gasteiger partial charge on any atom is -0.350 e. The van der Waals surface area contributed by atoms with Crippen molar-refractivity contribution in [2.24, 2.45) is 0 Å². The van der Waals surface area contributed by atoms with Crippen molar-refractivity contribution >= 4 is 40.3 Å². The quantitative estimate of drug-likeness (QED) is 0.619. The van der Waals surface area contributed by atoms with E-state index in [0.717, 1.165) is 27.1 Å². The lowest BCUT2D eigenvalue weighted by Crippen LogP contribution is -2.32. The fourth-order valence-electron chi connectivity index (χ4n) is 1.41. The van der Waals surface area contributed by atoms with E-state index in [9.17, 15) is 4.79 Å². The standard InChI is InChI=1S/C13H18INOS/c1-3-17-8-7-10(2)15-13(16)11-5-4-6-12(14)9-11/h4-6,9-10H,3,7-8H2,1-2H3,(H,15,16). The second kappa shape index (κ2) is 7.97. The van der Waals surface area contributed by atoms with Crippen molar-refractivity contribution in [3.05, 3.63) is 33.4 Å². The van der Waals surface area contributed by atoms with Gasteiger partial charge in [0.25, 0.3) is 5.91 Å². The molecule has 1 amide bonds. The monoisotopic (exact) mass is 363 g/mol. The van der Waals surface area contributed by atoms with E-state index in [1.54, 1.807) is 0 Å². The zero-order valence-corrected chi connectivity index (χ0v) is 13.2. The molecule has 0 fully saturated rings. The number of hydrogen-bond donors (Lipinski definition) is 1. The molecule has 0 aliphatic carbocycles. The van der Waals surface area contributed by atoms with Crippen LogP contribution in [0.2, 0.25) is 0 Å². The van der Waals surface area contributed by atoms with Crippen LogP contribution in [0.25, 0.3) is 0 Å². The maximum atomic E-state index is 11.9. The Labute approximate surface area is 121 Å². The Kier molecular flexibility index (Phi) is 6.96. The third-order valence-corrected chi connectivity index (χ3v) is 3.97. The molecule has 0 bridgehead atoms. The van der Waals surface area contributed by atoms with E-state index in [2.05, 4.69) is 41.8 Å². The number of rotatable bonds is 6. The molecule has 0 aliphatic heterocycles. The maximum Gasteiger partial charge on any atom is 0.251 e. The van der Waals surface area contributed by atoms with Crippen molar-refractivity contribution in [1.29, 1.82) is 0 Å². The summed E-state index contributed by atoms with van der Waals surface area (Å²) in [6.07, 6.45) is 1.02. The van der Waals surface area contributed by atoms with Gasteiger partial charge in [0, 0.05) is 15.2 Å². The number of halogens is 1. The van der Waals surface area contributed by atoms with E-state index in [0.29, 0.717) is 0 Å². The minimum atomic E-state index is 0.0255. The van der Waals surface area contributed by atoms with Crippen molar-refractivity contribution in [3.8, 4) is 0 Å². The minimum absolute atomic E-state index is 0.0255. The molecule has 0 radical (unpaired) electrons. The van der Waals surface area contributed by atoms with Crippen LogP contribution in [0, 0.1) is 3.57 Å². The Morgan fingerprint density at radius 1 is 1.53 bits per heavy atom. The van der Waals surface area contributed by atoms with Gasteiger partial charge in [-0.05, 0) is 65.6 Å². The van der Waals surface area contributed by atoms with E-state index >= 15 is 0 Å². The average molecular weight is 363 g/mol. The molecule has 1 aromatic rings. The predicted octanol–water partition coefficient (Wildman–Crippen LogP) is 3.55. The molecule has 94 valence electrons. The number of benzene rings is 1. The lowest BCUT2D eigenvalue weighted by atomic mass is 10.2. The van der Waals surface area contributed by atoms with E-state index < -0.39 is 0 Å². The maximum absolute atomic E-state index is 11.9. The second-order valence-electron chi connectivity index (χ2n) is 3.87. The summed E-state index contributed by atoms with van der Waals surface area (Å²) in [7, 11) is 0. The topological polar surface area (TPSA) is 29.1 Å². The van der Waals surface area contributed by atoms with Gasteiger partial charge in [-0.1, -0.05) is 13.0 Å². The van der Waals surface area contributed by atoms with Gasteiger partial charge in [0.15, 0.2) is 0 Å². The largest absolute Gasteiger partial charge is 0.350 e. The van der Waals surface area contributed by atoms with E-state index in [4.69, 9.17) is 0 Å². The van der Waals surface area contributed by atoms with Gasteiger partial charge in [-0.15, -0.1) is 0 Å². The molecule has 4 heteroatoms. The molecular weight excluding hydrogens is 345 g/mol. The van der Waals surface area contributed by atoms with Crippen LogP contribution in [-0.4, -0.2) is 23.5 Å². The van der Waals surface area contributed by atoms with Crippen LogP contribution in [0.1, 0.15) is 30.6 Å². The molecule has 0 saturated heterocycles. The summed E-state index contributed by atoms with van der Waals surface area (Å²) in [4.78, 5) is 11.9. The highest BCUT2D eigenvalue weighted by Gasteiger charge is 2.09. The fraction of sp³-hybridized carbons (Fsp3) is 0.462. The number of amides is 1. The summed E-state index contributed by atoms with van der Waals surface area (Å²) in [6.45, 7) is 4.21. The van der Waals surface area contributed by atoms with Crippen molar-refractivity contribution in [2.45, 2.75) is 26.3 Å². The van der Waals surface area contributed by atoms with E-state index in [1.165, 1.54) is 0 Å². The molecule has 1 N–H and O–H groups in total. The van der Waals surface area contributed by atoms with Crippen LogP contribution in [0.15, 0.2) is 24.3 Å². The SMILES string of the molecule is CCSCCC(C)NC(=O)c1cccc(I)c1. The Bertz CT molecular complexity index is 370. The molecule has 0 aliphatic rings. The summed E-state index contributed by atoms with van der Waals surface area (Å²) in [5.74, 6) is 2.26. The van der Waals surface area contributed by atoms with Gasteiger partial charge in [-0.2, -0.15) is 11.8 Å². The first-order valence-corrected chi connectivity index (χ1v) is 8.01. The molecule has 0 spiro atoms. The van der Waals surface area contributed by atoms with Crippen molar-refractivity contribution in [2.75, 3.05) is 11.5 Å². The number of thioether (sulfide) groups is 1. The summed E-state index contributed by atoms with van der Waals surface area (Å²) in [5, 5.41) is 3.03. The average Bonchev–Trinajstić information content (AvgIpc) is 2.29. The smallest absolute Gasteiger partial charge is 0.251 e. The molecule has 0 heterocycles. The van der Waals surface area contributed by atoms with Gasteiger partial charge >= 0.3 is 0 Å². The Morgan fingerprint density at radius 3 is 2.94 bits per heavy atom. The van der Waals surface area contributed by atoms with Gasteiger partial charge in [0.1, 0.15) is 0 Å². The molecule has 1 rings (SSSR count). The van der Waals surface area contributed by atoms with Gasteiger partial charge in [0.05, 0.1) is 0 Å². The number of hydrogen-bond acceptors (Lipinski definition) is 2. The molecule has 2 nitrogen and oxygen atoms in total. The summed E-state index contributed by atoms with van der Waals surface area (Å²) < 4.78 is 1.09. The highest BCUT2D eigenvalue weighted by Crippen LogP contribution is 2.09. The molecule has 1 atom stereocenters. The molecular formula is C13H18INOS. The summed E-state index contributed by atoms with van der Waals surface area (Å²) in [6, 6.07) is 7.89. The molecule has 1 unspecified atom stereocenters. The Balaban J connectivity index is 2.43. The molecule has 0 aromatic heterocycles. The van der Waals surface area contributed by atoms with Crippen LogP contribution in [0.3, 0.4) is 0 Å². The van der Waals surface area contributed by atoms with Crippen LogP contribution in [-0.2, 0) is 0 Å². The van der Waals surface area contributed by atoms with Crippen molar-refractivity contribution < 1.29 is 4.79 Å². The summed E-state index contributed by atoms with van der Waals surface area (Å²) >= 11 is 4.13. The zero-order chi connectivity index (χ0) is 12.7. The molecule has 0 saturated carbocycles. The van der Waals surface area contributed by atoms with Gasteiger partial charge in [-0.3, -0.25) is 4.79 Å². The third kappa shape index (κ3) is 5.77. The highest BCUT2D eigenvalue weighted by molar-refractivity contribution is 14.1. The number of carbonyl (C=O) groups excluding carboxylic acids is 1. The second-order valence-corrected chi connectivity index (χ2v) is 6.51. The lowest BCUT2D eigenvalue weighted by Gasteiger charge is -2.13. The van der Waals surface area contributed by atoms with Gasteiger partial charge < -0.3 is 5.32 Å². The molecule has 1 aromatic carbocycles. The lowest BCUT2D eigenvalue weighted by molar-refractivity contribution is 0.0939. The third-order valence-electron chi connectivity index (χ3n) is 2.36. The Morgan fingerprint density at radius 2 is 2.29 bits per heavy atom. The number of nitrogens with one attached hydrogen (secondary N) is 1. The Hall–Kier alpha value is -0.230. The van der Waals surface area contributed by atoms with Crippen LogP contribution < -0.4 is 5.32 Å². The van der Waals surface area contributed by atoms with Gasteiger partial charge in [0.2, 0.25) is 0 Å². The van der Waals surface area contributed by atoms with Crippen LogP contribution in [0.5, 0.6) is 0 Å². The van der Waals surface area contributed by atoms with Gasteiger partial charge in [-0.25, -0.2) is 0 Å². The predicted molar refractivity (Wildman–Crippen MR) is 83.7 cm³/mol. The van der Waals surface area contributed by atoms with Crippen molar-refractivity contribution in [3.63, 3.8) is 0 Å². The van der Waals surface area contributed by atoms with E-state index in [1.807, 2.05) is 36.0 Å². The first-order valence-electron chi connectivity index (χ1n) is 5.77. The number of carbonyl (C=O) groups is 1. The first-order chi connectivity index (χ1) is 8.13.